The molecule has 3 N–H and O–H groups in total. The van der Waals surface area contributed by atoms with E-state index in [1.54, 1.807) is 0 Å². The van der Waals surface area contributed by atoms with E-state index in [9.17, 15) is 4.79 Å². The molecule has 1 fully saturated rings. The lowest BCUT2D eigenvalue weighted by Crippen LogP contribution is -2.37. The smallest absolute Gasteiger partial charge is 0.227 e. The Labute approximate surface area is 106 Å². The molecule has 1 aliphatic carbocycles. The van der Waals surface area contributed by atoms with Crippen LogP contribution in [0.3, 0.4) is 0 Å². The molecule has 0 aliphatic heterocycles. The van der Waals surface area contributed by atoms with Crippen LogP contribution in [0.4, 0.5) is 0 Å². The second-order valence-corrected chi connectivity index (χ2v) is 5.17. The Morgan fingerprint density at radius 3 is 2.53 bits per heavy atom. The van der Waals surface area contributed by atoms with E-state index >= 15 is 0 Å². The fourth-order valence-electron chi connectivity index (χ4n) is 1.86. The van der Waals surface area contributed by atoms with Crippen LogP contribution in [0.25, 0.3) is 0 Å². The predicted octanol–water partition coefficient (Wildman–Crippen LogP) is 2.26. The van der Waals surface area contributed by atoms with Crippen LogP contribution in [0, 0.1) is 5.41 Å². The van der Waals surface area contributed by atoms with Gasteiger partial charge in [0.2, 0.25) is 5.91 Å². The third-order valence-corrected chi connectivity index (χ3v) is 3.70. The maximum Gasteiger partial charge on any atom is 0.227 e. The normalized spacial score (nSPS) is 18.5. The SMILES string of the molecule is C[C@@H](NC(=O)C1(CN)CC1)c1ccc(Cl)cc1. The van der Waals surface area contributed by atoms with Crippen molar-refractivity contribution in [2.45, 2.75) is 25.8 Å². The highest BCUT2D eigenvalue weighted by Gasteiger charge is 2.48. The van der Waals surface area contributed by atoms with Gasteiger partial charge >= 0.3 is 0 Å². The number of carbonyl (C=O) groups is 1. The molecule has 0 spiro atoms. The van der Waals surface area contributed by atoms with Crippen molar-refractivity contribution in [3.63, 3.8) is 0 Å². The van der Waals surface area contributed by atoms with Crippen molar-refractivity contribution in [3.05, 3.63) is 34.9 Å². The van der Waals surface area contributed by atoms with Crippen LogP contribution in [0.5, 0.6) is 0 Å². The Kier molecular flexibility index (Phi) is 3.40. The molecule has 1 aromatic rings. The largest absolute Gasteiger partial charge is 0.349 e. The molecule has 1 aromatic carbocycles. The highest BCUT2D eigenvalue weighted by atomic mass is 35.5. The zero-order valence-corrected chi connectivity index (χ0v) is 10.6. The van der Waals surface area contributed by atoms with Crippen LogP contribution >= 0.6 is 11.6 Å². The monoisotopic (exact) mass is 252 g/mol. The Morgan fingerprint density at radius 2 is 2.06 bits per heavy atom. The number of hydrogen-bond donors (Lipinski definition) is 2. The van der Waals surface area contributed by atoms with Crippen LogP contribution in [0.15, 0.2) is 24.3 Å². The summed E-state index contributed by atoms with van der Waals surface area (Å²) in [5.41, 5.74) is 6.39. The number of carbonyl (C=O) groups excluding carboxylic acids is 1. The second kappa shape index (κ2) is 4.67. The first-order valence-corrected chi connectivity index (χ1v) is 6.22. The summed E-state index contributed by atoms with van der Waals surface area (Å²) in [5.74, 6) is 0.0717. The van der Waals surface area contributed by atoms with E-state index in [1.807, 2.05) is 31.2 Å². The van der Waals surface area contributed by atoms with Gasteiger partial charge in [-0.25, -0.2) is 0 Å². The Hall–Kier alpha value is -1.06. The third kappa shape index (κ3) is 2.61. The van der Waals surface area contributed by atoms with Crippen molar-refractivity contribution < 1.29 is 4.79 Å². The highest BCUT2D eigenvalue weighted by molar-refractivity contribution is 6.30. The minimum Gasteiger partial charge on any atom is -0.349 e. The standard InChI is InChI=1S/C13H17ClN2O/c1-9(10-2-4-11(14)5-3-10)16-12(17)13(8-15)6-7-13/h2-5,9H,6-8,15H2,1H3,(H,16,17)/t9-/m1/s1. The minimum absolute atomic E-state index is 0.0104. The molecule has 0 unspecified atom stereocenters. The van der Waals surface area contributed by atoms with Gasteiger partial charge in [-0.3, -0.25) is 4.79 Å². The number of benzene rings is 1. The van der Waals surface area contributed by atoms with Crippen LogP contribution in [0.1, 0.15) is 31.4 Å². The molecule has 0 aromatic heterocycles. The minimum atomic E-state index is -0.291. The molecular weight excluding hydrogens is 236 g/mol. The van der Waals surface area contributed by atoms with Crippen LogP contribution < -0.4 is 11.1 Å². The number of amides is 1. The molecule has 2 rings (SSSR count). The molecule has 0 heterocycles. The van der Waals surface area contributed by atoms with Crippen molar-refractivity contribution in [1.29, 1.82) is 0 Å². The second-order valence-electron chi connectivity index (χ2n) is 4.73. The summed E-state index contributed by atoms with van der Waals surface area (Å²) < 4.78 is 0. The summed E-state index contributed by atoms with van der Waals surface area (Å²) in [5, 5.41) is 3.71. The summed E-state index contributed by atoms with van der Waals surface area (Å²) >= 11 is 5.82. The van der Waals surface area contributed by atoms with Gasteiger partial charge in [0.1, 0.15) is 0 Å². The number of nitrogens with two attached hydrogens (primary N) is 1. The molecule has 0 bridgehead atoms. The van der Waals surface area contributed by atoms with Crippen LogP contribution in [0.2, 0.25) is 5.02 Å². The average Bonchev–Trinajstić information content (AvgIpc) is 3.10. The first kappa shape index (κ1) is 12.4. The Morgan fingerprint density at radius 1 is 1.47 bits per heavy atom. The molecule has 3 nitrogen and oxygen atoms in total. The first-order chi connectivity index (χ1) is 8.07. The molecule has 0 saturated heterocycles. The summed E-state index contributed by atoms with van der Waals surface area (Å²) in [4.78, 5) is 12.0. The lowest BCUT2D eigenvalue weighted by molar-refractivity contribution is -0.126. The van der Waals surface area contributed by atoms with Gasteiger partial charge in [0.15, 0.2) is 0 Å². The zero-order valence-electron chi connectivity index (χ0n) is 9.87. The Balaban J connectivity index is 1.99. The van der Waals surface area contributed by atoms with E-state index in [-0.39, 0.29) is 17.4 Å². The van der Waals surface area contributed by atoms with Gasteiger partial charge in [-0.15, -0.1) is 0 Å². The van der Waals surface area contributed by atoms with Crippen molar-refractivity contribution in [2.24, 2.45) is 11.1 Å². The topological polar surface area (TPSA) is 55.1 Å². The molecule has 1 saturated carbocycles. The average molecular weight is 253 g/mol. The summed E-state index contributed by atoms with van der Waals surface area (Å²) in [6.45, 7) is 2.40. The summed E-state index contributed by atoms with van der Waals surface area (Å²) in [6, 6.07) is 7.50. The maximum atomic E-state index is 12.0. The molecule has 1 aliphatic rings. The van der Waals surface area contributed by atoms with E-state index < -0.39 is 0 Å². The van der Waals surface area contributed by atoms with Crippen molar-refractivity contribution in [2.75, 3.05) is 6.54 Å². The molecule has 1 atom stereocenters. The molecular formula is C13H17ClN2O. The van der Waals surface area contributed by atoms with Crippen molar-refractivity contribution >= 4 is 17.5 Å². The van der Waals surface area contributed by atoms with Gasteiger partial charge in [-0.1, -0.05) is 23.7 Å². The highest BCUT2D eigenvalue weighted by Crippen LogP contribution is 2.45. The lowest BCUT2D eigenvalue weighted by Gasteiger charge is -2.18. The summed E-state index contributed by atoms with van der Waals surface area (Å²) in [7, 11) is 0. The van der Waals surface area contributed by atoms with Gasteiger partial charge in [-0.2, -0.15) is 0 Å². The van der Waals surface area contributed by atoms with Gasteiger partial charge < -0.3 is 11.1 Å². The number of hydrogen-bond acceptors (Lipinski definition) is 2. The molecule has 0 radical (unpaired) electrons. The molecule has 92 valence electrons. The van der Waals surface area contributed by atoms with Crippen LogP contribution in [-0.2, 0) is 4.79 Å². The first-order valence-electron chi connectivity index (χ1n) is 5.84. The van der Waals surface area contributed by atoms with E-state index in [0.29, 0.717) is 11.6 Å². The van der Waals surface area contributed by atoms with Gasteiger partial charge in [0.25, 0.3) is 0 Å². The summed E-state index contributed by atoms with van der Waals surface area (Å²) in [6.07, 6.45) is 1.81. The van der Waals surface area contributed by atoms with Gasteiger partial charge in [0.05, 0.1) is 11.5 Å². The van der Waals surface area contributed by atoms with E-state index in [4.69, 9.17) is 17.3 Å². The number of rotatable bonds is 4. The van der Waals surface area contributed by atoms with Gasteiger partial charge in [-0.05, 0) is 37.5 Å². The molecule has 17 heavy (non-hydrogen) atoms. The third-order valence-electron chi connectivity index (χ3n) is 3.44. The van der Waals surface area contributed by atoms with Crippen molar-refractivity contribution in [3.8, 4) is 0 Å². The Bertz CT molecular complexity index is 412. The van der Waals surface area contributed by atoms with Gasteiger partial charge in [0, 0.05) is 11.6 Å². The number of halogens is 1. The van der Waals surface area contributed by atoms with E-state index in [1.165, 1.54) is 0 Å². The lowest BCUT2D eigenvalue weighted by atomic mass is 10.0. The predicted molar refractivity (Wildman–Crippen MR) is 68.7 cm³/mol. The van der Waals surface area contributed by atoms with Crippen molar-refractivity contribution in [1.82, 2.24) is 5.32 Å². The molecule has 4 heteroatoms. The quantitative estimate of drug-likeness (QED) is 0.864. The molecule has 1 amide bonds. The fourth-order valence-corrected chi connectivity index (χ4v) is 1.99. The zero-order chi connectivity index (χ0) is 12.5. The maximum absolute atomic E-state index is 12.0. The number of nitrogens with one attached hydrogen (secondary N) is 1. The van der Waals surface area contributed by atoms with E-state index in [0.717, 1.165) is 18.4 Å². The fraction of sp³-hybridized carbons (Fsp3) is 0.462. The van der Waals surface area contributed by atoms with E-state index in [2.05, 4.69) is 5.32 Å². The van der Waals surface area contributed by atoms with Crippen LogP contribution in [-0.4, -0.2) is 12.5 Å².